The van der Waals surface area contributed by atoms with Crippen LogP contribution in [0.4, 0.5) is 0 Å². The third-order valence-corrected chi connectivity index (χ3v) is 12.0. The van der Waals surface area contributed by atoms with E-state index in [0.29, 0.717) is 5.92 Å². The molecule has 242 valence electrons. The molecule has 1 fully saturated rings. The molecular formula is C42H53Cl2Zr-3. The Morgan fingerprint density at radius 1 is 0.889 bits per heavy atom. The summed E-state index contributed by atoms with van der Waals surface area (Å²) in [6.07, 6.45) is 18.5. The predicted molar refractivity (Wildman–Crippen MR) is 197 cm³/mol. The minimum absolute atomic E-state index is 0. The van der Waals surface area contributed by atoms with E-state index < -0.39 is 0 Å². The SMILES string of the molecule is C[C-]1C2=C3Cc4ccccc4C3=C3C=CCCC3C2(C)C(C)(C)C(C)(C)C1(C)C.C[CH]=[Zr].Cl.Cl.[C-]1=CC=CC1.[c-]1ccccc1. The van der Waals surface area contributed by atoms with E-state index in [2.05, 4.69) is 114 Å². The molecule has 0 amide bonds. The molecule has 0 N–H and O–H groups in total. The Bertz CT molecular complexity index is 1410. The molecule has 2 unspecified atom stereocenters. The average Bonchev–Trinajstić information content (AvgIpc) is 3.70. The van der Waals surface area contributed by atoms with Crippen LogP contribution in [0.2, 0.25) is 0 Å². The second kappa shape index (κ2) is 16.0. The van der Waals surface area contributed by atoms with Gasteiger partial charge in [-0.1, -0.05) is 113 Å². The maximum atomic E-state index is 2.99. The quantitative estimate of drug-likeness (QED) is 0.238. The van der Waals surface area contributed by atoms with Crippen LogP contribution in [-0.4, -0.2) is 3.71 Å². The normalized spacial score (nSPS) is 24.7. The van der Waals surface area contributed by atoms with Crippen molar-refractivity contribution in [3.63, 3.8) is 0 Å². The van der Waals surface area contributed by atoms with Crippen LogP contribution >= 0.6 is 24.8 Å². The summed E-state index contributed by atoms with van der Waals surface area (Å²) in [5.74, 6) is 2.24. The molecule has 2 aromatic rings. The van der Waals surface area contributed by atoms with Gasteiger partial charge < -0.3 is 0 Å². The molecule has 2 atom stereocenters. The summed E-state index contributed by atoms with van der Waals surface area (Å²) in [7, 11) is 0. The summed E-state index contributed by atoms with van der Waals surface area (Å²) in [5.41, 5.74) is 10.3. The first kappa shape index (κ1) is 39.5. The molecule has 0 nitrogen and oxygen atoms in total. The van der Waals surface area contributed by atoms with Crippen molar-refractivity contribution in [2.75, 3.05) is 0 Å². The van der Waals surface area contributed by atoms with Crippen molar-refractivity contribution in [2.24, 2.45) is 27.6 Å². The monoisotopic (exact) mass is 717 g/mol. The molecule has 0 radical (unpaired) electrons. The smallest absolute Gasteiger partial charge is 0.109 e. The van der Waals surface area contributed by atoms with Crippen LogP contribution in [0.1, 0.15) is 92.7 Å². The van der Waals surface area contributed by atoms with Crippen molar-refractivity contribution in [1.29, 1.82) is 0 Å². The third kappa shape index (κ3) is 6.84. The second-order valence-electron chi connectivity index (χ2n) is 14.1. The van der Waals surface area contributed by atoms with Crippen molar-refractivity contribution >= 4 is 34.1 Å². The van der Waals surface area contributed by atoms with Gasteiger partial charge in [0.2, 0.25) is 0 Å². The molecule has 5 aliphatic carbocycles. The molecule has 0 saturated heterocycles. The van der Waals surface area contributed by atoms with E-state index in [4.69, 9.17) is 0 Å². The number of benzene rings is 2. The van der Waals surface area contributed by atoms with E-state index in [1.807, 2.05) is 49.4 Å². The van der Waals surface area contributed by atoms with Crippen molar-refractivity contribution in [1.82, 2.24) is 0 Å². The van der Waals surface area contributed by atoms with Crippen molar-refractivity contribution in [3.05, 3.63) is 131 Å². The zero-order chi connectivity index (χ0) is 31.5. The zero-order valence-electron chi connectivity index (χ0n) is 28.9. The van der Waals surface area contributed by atoms with Gasteiger partial charge in [-0.2, -0.15) is 53.6 Å². The maximum absolute atomic E-state index is 2.99. The summed E-state index contributed by atoms with van der Waals surface area (Å²) < 4.78 is 2.09. The first-order chi connectivity index (χ1) is 20.4. The molecule has 1 saturated carbocycles. The Kier molecular flexibility index (Phi) is 14.0. The van der Waals surface area contributed by atoms with Gasteiger partial charge in [-0.05, 0) is 40.6 Å². The summed E-state index contributed by atoms with van der Waals surface area (Å²) in [5, 5.41) is 0. The largest absolute Gasteiger partial charge is 0.273 e. The van der Waals surface area contributed by atoms with E-state index in [9.17, 15) is 0 Å². The molecule has 45 heavy (non-hydrogen) atoms. The van der Waals surface area contributed by atoms with Crippen LogP contribution in [0, 0.1) is 45.6 Å². The number of hydrogen-bond donors (Lipinski definition) is 0. The van der Waals surface area contributed by atoms with Gasteiger partial charge in [0.15, 0.2) is 0 Å². The molecule has 0 heterocycles. The van der Waals surface area contributed by atoms with Gasteiger partial charge in [-0.15, -0.1) is 38.2 Å². The van der Waals surface area contributed by atoms with E-state index >= 15 is 0 Å². The van der Waals surface area contributed by atoms with E-state index in [1.54, 1.807) is 28.2 Å². The summed E-state index contributed by atoms with van der Waals surface area (Å²) in [6, 6.07) is 21.7. The Morgan fingerprint density at radius 3 is 2.04 bits per heavy atom. The molecule has 0 aliphatic heterocycles. The Labute approximate surface area is 302 Å². The Morgan fingerprint density at radius 2 is 1.53 bits per heavy atom. The van der Waals surface area contributed by atoms with Crippen LogP contribution in [0.3, 0.4) is 0 Å². The van der Waals surface area contributed by atoms with Crippen LogP contribution in [0.25, 0.3) is 5.57 Å². The fraction of sp³-hybridized carbons (Fsp3) is 0.429. The van der Waals surface area contributed by atoms with Gasteiger partial charge in [-0.3, -0.25) is 6.08 Å². The molecule has 2 aromatic carbocycles. The zero-order valence-corrected chi connectivity index (χ0v) is 33.0. The fourth-order valence-corrected chi connectivity index (χ4v) is 8.25. The van der Waals surface area contributed by atoms with Crippen LogP contribution in [0.5, 0.6) is 0 Å². The van der Waals surface area contributed by atoms with Gasteiger partial charge in [0.25, 0.3) is 0 Å². The van der Waals surface area contributed by atoms with E-state index in [0.717, 1.165) is 12.8 Å². The van der Waals surface area contributed by atoms with Crippen LogP contribution in [0.15, 0.2) is 102 Å². The minimum atomic E-state index is 0. The van der Waals surface area contributed by atoms with Gasteiger partial charge in [-0.25, -0.2) is 18.1 Å². The number of fused-ring (bicyclic) bond motifs is 6. The minimum Gasteiger partial charge on any atom is -0.273 e. The molecule has 0 bridgehead atoms. The number of hydrogen-bond acceptors (Lipinski definition) is 0. The van der Waals surface area contributed by atoms with Crippen LogP contribution < -0.4 is 0 Å². The number of allylic oxidation sites excluding steroid dienone is 10. The second-order valence-corrected chi connectivity index (χ2v) is 15.5. The van der Waals surface area contributed by atoms with Crippen molar-refractivity contribution in [3.8, 4) is 0 Å². The molecule has 0 aromatic heterocycles. The third-order valence-electron chi connectivity index (χ3n) is 12.0. The van der Waals surface area contributed by atoms with E-state index in [-0.39, 0.29) is 46.5 Å². The number of rotatable bonds is 0. The Balaban J connectivity index is 0.000000366. The molecule has 3 heteroatoms. The summed E-state index contributed by atoms with van der Waals surface area (Å²) in [6.45, 7) is 22.3. The first-order valence-corrected chi connectivity index (χ1v) is 17.5. The van der Waals surface area contributed by atoms with Gasteiger partial charge in [0.1, 0.15) is 0 Å². The molecule has 5 aliphatic rings. The summed E-state index contributed by atoms with van der Waals surface area (Å²) in [4.78, 5) is 0. The molecular weight excluding hydrogens is 667 g/mol. The fourth-order valence-electron chi connectivity index (χ4n) is 8.25. The standard InChI is InChI=1S/C29H37.C6H5.C5H5.C2H4.2ClH.Zr/c1-18-25-22-17-19-13-9-10-14-20(19)24(22)21-15-11-12-16-23(21)29(25,8)28(6,7)27(4,5)26(18,2)3;1-2-4-6-5-3-1;1-2-4-5-3-1;1-2;;;/h9-11,13-15,23H,12,16-17H2,1-8H3;1-5H;1-3H,4H2;1H,2H3;2*1H;/q3*-1;;;;. The van der Waals surface area contributed by atoms with Crippen molar-refractivity contribution in [2.45, 2.75) is 88.0 Å². The van der Waals surface area contributed by atoms with E-state index in [1.165, 1.54) is 48.2 Å². The van der Waals surface area contributed by atoms with Crippen molar-refractivity contribution < 1.29 is 24.2 Å². The van der Waals surface area contributed by atoms with Crippen LogP contribution in [-0.2, 0) is 30.7 Å². The van der Waals surface area contributed by atoms with Gasteiger partial charge in [0, 0.05) is 0 Å². The van der Waals surface area contributed by atoms with Gasteiger partial charge in [0.05, 0.1) is 0 Å². The predicted octanol–water partition coefficient (Wildman–Crippen LogP) is 12.0. The number of halogens is 2. The van der Waals surface area contributed by atoms with Gasteiger partial charge >= 0.3 is 34.9 Å². The maximum Gasteiger partial charge on any atom is -0.109 e. The summed E-state index contributed by atoms with van der Waals surface area (Å²) >= 11 is 1.51. The average molecular weight is 720 g/mol. The molecule has 0 spiro atoms. The first-order valence-electron chi connectivity index (χ1n) is 16.0. The molecule has 7 rings (SSSR count). The Hall–Kier alpha value is -1.66. The topological polar surface area (TPSA) is 0 Å².